The lowest BCUT2D eigenvalue weighted by atomic mass is 9.83. The molecule has 3 aromatic rings. The zero-order valence-corrected chi connectivity index (χ0v) is 19.3. The lowest BCUT2D eigenvalue weighted by molar-refractivity contribution is 0.140. The first-order valence-corrected chi connectivity index (χ1v) is 12.5. The smallest absolute Gasteiger partial charge is 0.213 e. The van der Waals surface area contributed by atoms with Crippen molar-refractivity contribution < 1.29 is 14.2 Å². The molecule has 4 atom stereocenters. The number of hydrogen-bond acceptors (Lipinski definition) is 7. The second-order valence-corrected chi connectivity index (χ2v) is 10.5. The quantitative estimate of drug-likeness (QED) is 0.519. The molecule has 6 rings (SSSR count). The monoisotopic (exact) mass is 466 g/mol. The van der Waals surface area contributed by atoms with Gasteiger partial charge in [-0.2, -0.15) is 0 Å². The van der Waals surface area contributed by atoms with Crippen LogP contribution >= 0.6 is 11.3 Å². The van der Waals surface area contributed by atoms with Crippen LogP contribution in [0.15, 0.2) is 36.5 Å². The molecule has 2 aromatic heterocycles. The molecule has 2 bridgehead atoms. The summed E-state index contributed by atoms with van der Waals surface area (Å²) in [6.07, 6.45) is 7.20. The van der Waals surface area contributed by atoms with E-state index in [1.54, 1.807) is 19.4 Å². The molecule has 0 saturated heterocycles. The van der Waals surface area contributed by atoms with E-state index in [2.05, 4.69) is 20.1 Å². The van der Waals surface area contributed by atoms with Crippen molar-refractivity contribution in [3.8, 4) is 33.3 Å². The molecule has 3 aliphatic carbocycles. The molecule has 1 aromatic carbocycles. The number of benzene rings is 1. The number of methoxy groups -OCH3 is 1. The molecule has 2 heterocycles. The van der Waals surface area contributed by atoms with Crippen LogP contribution in [-0.4, -0.2) is 45.7 Å². The summed E-state index contributed by atoms with van der Waals surface area (Å²) in [5.41, 5.74) is 2.40. The van der Waals surface area contributed by atoms with Crippen LogP contribution in [0, 0.1) is 11.8 Å². The summed E-state index contributed by atoms with van der Waals surface area (Å²) < 4.78 is 20.6. The average Bonchev–Trinajstić information content (AvgIpc) is 3.40. The van der Waals surface area contributed by atoms with Crippen molar-refractivity contribution in [3.63, 3.8) is 0 Å². The Kier molecular flexibility index (Phi) is 5.20. The highest BCUT2D eigenvalue weighted by molar-refractivity contribution is 7.18. The number of rotatable bonds is 6. The Morgan fingerprint density at radius 2 is 1.91 bits per heavy atom. The normalized spacial score (nSPS) is 26.4. The van der Waals surface area contributed by atoms with Crippen LogP contribution in [0.25, 0.3) is 21.7 Å². The lowest BCUT2D eigenvalue weighted by Gasteiger charge is -2.39. The van der Waals surface area contributed by atoms with Gasteiger partial charge in [-0.1, -0.05) is 17.4 Å². The minimum atomic E-state index is -0.790. The van der Waals surface area contributed by atoms with Gasteiger partial charge in [0.2, 0.25) is 11.0 Å². The van der Waals surface area contributed by atoms with E-state index in [9.17, 15) is 5.11 Å². The fourth-order valence-electron chi connectivity index (χ4n) is 5.61. The first-order chi connectivity index (χ1) is 16.1. The van der Waals surface area contributed by atoms with E-state index >= 15 is 4.39 Å². The Bertz CT molecular complexity index is 1170. The van der Waals surface area contributed by atoms with Crippen molar-refractivity contribution in [3.05, 3.63) is 36.5 Å². The molecule has 3 aliphatic rings. The summed E-state index contributed by atoms with van der Waals surface area (Å²) in [5, 5.41) is 21.1. The van der Waals surface area contributed by atoms with Crippen LogP contribution in [0.2, 0.25) is 0 Å². The van der Waals surface area contributed by atoms with Crippen LogP contribution in [0.3, 0.4) is 0 Å². The van der Waals surface area contributed by atoms with E-state index in [4.69, 9.17) is 4.74 Å². The van der Waals surface area contributed by atoms with E-state index in [0.717, 1.165) is 54.8 Å². The fraction of sp³-hybridized carbons (Fsp3) is 0.480. The molecular formula is C25H27FN4O2S. The number of hydrogen-bond donors (Lipinski definition) is 1. The zero-order valence-electron chi connectivity index (χ0n) is 18.5. The number of aromatic hydroxyl groups is 1. The molecule has 33 heavy (non-hydrogen) atoms. The Morgan fingerprint density at radius 1 is 1.06 bits per heavy atom. The number of phenolic OH excluding ortho intramolecular Hbond substituents is 1. The van der Waals surface area contributed by atoms with Crippen molar-refractivity contribution in [1.29, 1.82) is 0 Å². The number of anilines is 1. The Balaban J connectivity index is 1.28. The van der Waals surface area contributed by atoms with E-state index in [1.807, 2.05) is 24.3 Å². The van der Waals surface area contributed by atoms with Crippen LogP contribution in [0.5, 0.6) is 11.6 Å². The van der Waals surface area contributed by atoms with E-state index in [1.165, 1.54) is 11.3 Å². The third-order valence-electron chi connectivity index (χ3n) is 7.41. The number of aromatic nitrogens is 3. The third kappa shape index (κ3) is 3.84. The number of nitrogens with zero attached hydrogens (tertiary/aromatic N) is 4. The molecule has 0 aliphatic heterocycles. The summed E-state index contributed by atoms with van der Waals surface area (Å²) in [6.45, 7) is 0. The van der Waals surface area contributed by atoms with Crippen LogP contribution in [-0.2, 0) is 0 Å². The van der Waals surface area contributed by atoms with Crippen molar-refractivity contribution in [2.45, 2.75) is 56.8 Å². The summed E-state index contributed by atoms with van der Waals surface area (Å²) in [7, 11) is 1.58. The van der Waals surface area contributed by atoms with Gasteiger partial charge in [0.05, 0.1) is 18.7 Å². The van der Waals surface area contributed by atoms with Gasteiger partial charge in [-0.15, -0.1) is 10.2 Å². The molecule has 0 unspecified atom stereocenters. The zero-order chi connectivity index (χ0) is 22.5. The van der Waals surface area contributed by atoms with E-state index in [0.29, 0.717) is 28.4 Å². The molecule has 8 heteroatoms. The Morgan fingerprint density at radius 3 is 2.70 bits per heavy atom. The minimum absolute atomic E-state index is 0.0952. The second kappa shape index (κ2) is 8.24. The maximum Gasteiger partial charge on any atom is 0.213 e. The average molecular weight is 467 g/mol. The summed E-state index contributed by atoms with van der Waals surface area (Å²) >= 11 is 1.45. The molecule has 3 fully saturated rings. The molecule has 6 nitrogen and oxygen atoms in total. The van der Waals surface area contributed by atoms with Crippen molar-refractivity contribution >= 4 is 16.5 Å². The van der Waals surface area contributed by atoms with Gasteiger partial charge in [0.25, 0.3) is 0 Å². The van der Waals surface area contributed by atoms with Crippen LogP contribution < -0.4 is 9.64 Å². The van der Waals surface area contributed by atoms with Gasteiger partial charge in [-0.25, -0.2) is 9.37 Å². The lowest BCUT2D eigenvalue weighted by Crippen LogP contribution is -2.48. The molecule has 0 amide bonds. The first-order valence-electron chi connectivity index (χ1n) is 11.7. The van der Waals surface area contributed by atoms with Gasteiger partial charge in [0.15, 0.2) is 5.01 Å². The maximum atomic E-state index is 15.4. The summed E-state index contributed by atoms with van der Waals surface area (Å²) in [4.78, 5) is 6.36. The largest absolute Gasteiger partial charge is 0.507 e. The molecule has 3 saturated carbocycles. The summed E-state index contributed by atoms with van der Waals surface area (Å²) in [5.74, 6) is 1.50. The predicted molar refractivity (Wildman–Crippen MR) is 126 cm³/mol. The van der Waals surface area contributed by atoms with E-state index in [-0.39, 0.29) is 17.7 Å². The highest BCUT2D eigenvalue weighted by atomic mass is 32.1. The molecule has 0 spiro atoms. The molecule has 0 radical (unpaired) electrons. The van der Waals surface area contributed by atoms with Gasteiger partial charge in [0.1, 0.15) is 11.9 Å². The van der Waals surface area contributed by atoms with Gasteiger partial charge in [0, 0.05) is 18.3 Å². The molecule has 1 N–H and O–H groups in total. The maximum absolute atomic E-state index is 15.4. The van der Waals surface area contributed by atoms with Gasteiger partial charge in [-0.05, 0) is 79.7 Å². The highest BCUT2D eigenvalue weighted by Gasteiger charge is 2.48. The Hall–Kier alpha value is -2.74. The van der Waals surface area contributed by atoms with Gasteiger partial charge < -0.3 is 14.7 Å². The van der Waals surface area contributed by atoms with Crippen molar-refractivity contribution in [2.24, 2.45) is 11.8 Å². The number of ether oxygens (including phenoxy) is 1. The highest BCUT2D eigenvalue weighted by Crippen LogP contribution is 2.49. The van der Waals surface area contributed by atoms with Crippen LogP contribution in [0.4, 0.5) is 9.52 Å². The molecular weight excluding hydrogens is 439 g/mol. The Labute approximate surface area is 196 Å². The number of phenols is 1. The first kappa shape index (κ1) is 20.8. The minimum Gasteiger partial charge on any atom is -0.507 e. The number of fused-ring (bicyclic) bond motifs is 2. The fourth-order valence-corrected chi connectivity index (χ4v) is 6.62. The third-order valence-corrected chi connectivity index (χ3v) is 8.38. The van der Waals surface area contributed by atoms with E-state index < -0.39 is 6.17 Å². The van der Waals surface area contributed by atoms with Crippen LogP contribution in [0.1, 0.15) is 38.5 Å². The standard InChI is InChI=1S/C25H27FN4O2S/c1-32-22-13-16(8-9-27-22)15-4-7-19(21(31)12-15)24-28-29-25(33-24)30(18-5-6-18)20-11-14-2-3-17(10-14)23(20)26/h4,7-9,12-14,17-18,20,23,31H,2-3,5-6,10-11H2,1H3/t14-,17+,20+,23-/m1/s1. The summed E-state index contributed by atoms with van der Waals surface area (Å²) in [6, 6.07) is 9.50. The number of pyridine rings is 1. The number of halogens is 1. The molecule has 172 valence electrons. The SMILES string of the molecule is COc1cc(-c2ccc(-c3nnc(N(C4CC4)[C@H]4C[C@@H]5CC[C@@H](C5)[C@H]4F)s3)c(O)c2)ccn1. The van der Waals surface area contributed by atoms with Crippen molar-refractivity contribution in [2.75, 3.05) is 12.0 Å². The van der Waals surface area contributed by atoms with Gasteiger partial charge >= 0.3 is 0 Å². The topological polar surface area (TPSA) is 71.4 Å². The second-order valence-electron chi connectivity index (χ2n) is 9.53. The predicted octanol–water partition coefficient (Wildman–Crippen LogP) is 5.48. The van der Waals surface area contributed by atoms with Crippen molar-refractivity contribution in [1.82, 2.24) is 15.2 Å². The van der Waals surface area contributed by atoms with Gasteiger partial charge in [-0.3, -0.25) is 0 Å². The number of alkyl halides is 1.